The second-order valence-corrected chi connectivity index (χ2v) is 16.5. The molecule has 0 saturated carbocycles. The molecular formula is C57H40N2. The summed E-state index contributed by atoms with van der Waals surface area (Å²) in [6, 6.07) is 71.4. The average molecular weight is 753 g/mol. The Bertz CT molecular complexity index is 3460. The maximum Gasteiger partial charge on any atom is 0.0547 e. The van der Waals surface area contributed by atoms with Gasteiger partial charge in [0.05, 0.1) is 16.7 Å². The predicted octanol–water partition coefficient (Wildman–Crippen LogP) is 15.6. The second kappa shape index (κ2) is 12.8. The molecular weight excluding hydrogens is 713 g/mol. The first kappa shape index (κ1) is 33.7. The van der Waals surface area contributed by atoms with Gasteiger partial charge in [0, 0.05) is 38.6 Å². The Hall–Kier alpha value is -7.42. The summed E-state index contributed by atoms with van der Waals surface area (Å²) in [4.78, 5) is 2.44. The Kier molecular flexibility index (Phi) is 7.31. The molecule has 2 nitrogen and oxygen atoms in total. The average Bonchev–Trinajstić information content (AvgIpc) is 3.74. The standard InChI is InChI=1S/C57H40N2/c1-57(2)50-34-37(24-26-38-28-33-53-56-45(38)31-27-39-15-13-23-52(55(39)56)59(53)42-18-7-4-8-19-42)25-30-47(50)48-32-29-43(36-51(48)57)58(41-16-5-3-6-17-41)54-35-40-14-9-10-20-44(40)46-21-11-12-22-49(46)54/h3-36H,1-2H3/b26-24+. The lowest BCUT2D eigenvalue weighted by molar-refractivity contribution is 0.660. The van der Waals surface area contributed by atoms with Crippen LogP contribution < -0.4 is 4.90 Å². The molecule has 2 heteroatoms. The summed E-state index contributed by atoms with van der Waals surface area (Å²) < 4.78 is 2.41. The van der Waals surface area contributed by atoms with Crippen molar-refractivity contribution in [2.45, 2.75) is 19.3 Å². The molecule has 1 aromatic heterocycles. The lowest BCUT2D eigenvalue weighted by atomic mass is 9.81. The molecule has 59 heavy (non-hydrogen) atoms. The van der Waals surface area contributed by atoms with Crippen molar-refractivity contribution in [2.24, 2.45) is 0 Å². The molecule has 0 N–H and O–H groups in total. The highest BCUT2D eigenvalue weighted by atomic mass is 15.1. The lowest BCUT2D eigenvalue weighted by Crippen LogP contribution is -2.17. The van der Waals surface area contributed by atoms with Crippen LogP contribution in [0, 0.1) is 0 Å². The zero-order valence-electron chi connectivity index (χ0n) is 33.0. The molecule has 0 atom stereocenters. The van der Waals surface area contributed by atoms with E-state index in [1.807, 2.05) is 0 Å². The van der Waals surface area contributed by atoms with E-state index in [0.717, 1.165) is 11.4 Å². The van der Waals surface area contributed by atoms with Gasteiger partial charge in [0.15, 0.2) is 0 Å². The van der Waals surface area contributed by atoms with Crippen molar-refractivity contribution < 1.29 is 0 Å². The maximum atomic E-state index is 2.44. The first-order valence-electron chi connectivity index (χ1n) is 20.6. The summed E-state index contributed by atoms with van der Waals surface area (Å²) in [5.41, 5.74) is 14.7. The largest absolute Gasteiger partial charge is 0.310 e. The molecule has 0 saturated heterocycles. The first-order valence-corrected chi connectivity index (χ1v) is 20.6. The van der Waals surface area contributed by atoms with Gasteiger partial charge in [-0.3, -0.25) is 0 Å². The van der Waals surface area contributed by atoms with Crippen molar-refractivity contribution in [2.75, 3.05) is 4.90 Å². The molecule has 0 unspecified atom stereocenters. The Labute approximate surface area is 343 Å². The number of anilines is 3. The van der Waals surface area contributed by atoms with Gasteiger partial charge < -0.3 is 9.47 Å². The van der Waals surface area contributed by atoms with Crippen LogP contribution in [0.2, 0.25) is 0 Å². The van der Waals surface area contributed by atoms with Crippen molar-refractivity contribution in [3.8, 4) is 16.8 Å². The minimum Gasteiger partial charge on any atom is -0.310 e. The number of rotatable bonds is 6. The number of fused-ring (bicyclic) bond motifs is 6. The van der Waals surface area contributed by atoms with Gasteiger partial charge in [-0.1, -0.05) is 166 Å². The van der Waals surface area contributed by atoms with Crippen molar-refractivity contribution >= 4 is 83.3 Å². The second-order valence-electron chi connectivity index (χ2n) is 16.5. The van der Waals surface area contributed by atoms with Crippen LogP contribution >= 0.6 is 0 Å². The molecule has 0 aliphatic heterocycles. The normalized spacial score (nSPS) is 13.3. The van der Waals surface area contributed by atoms with Gasteiger partial charge in [0.2, 0.25) is 0 Å². The van der Waals surface area contributed by atoms with E-state index in [4.69, 9.17) is 0 Å². The Morgan fingerprint density at radius 1 is 0.441 bits per heavy atom. The van der Waals surface area contributed by atoms with Crippen LogP contribution in [0.15, 0.2) is 194 Å². The van der Waals surface area contributed by atoms with E-state index < -0.39 is 0 Å². The molecule has 0 amide bonds. The molecule has 0 fully saturated rings. The van der Waals surface area contributed by atoms with Crippen LogP contribution in [0.3, 0.4) is 0 Å². The van der Waals surface area contributed by atoms with E-state index in [9.17, 15) is 0 Å². The molecule has 1 aliphatic carbocycles. The summed E-state index contributed by atoms with van der Waals surface area (Å²) in [5, 5.41) is 10.2. The van der Waals surface area contributed by atoms with Gasteiger partial charge >= 0.3 is 0 Å². The van der Waals surface area contributed by atoms with Gasteiger partial charge in [-0.25, -0.2) is 0 Å². The maximum absolute atomic E-state index is 2.44. The van der Waals surface area contributed by atoms with Crippen LogP contribution in [-0.2, 0) is 5.41 Å². The molecule has 11 aromatic rings. The van der Waals surface area contributed by atoms with Gasteiger partial charge in [0.1, 0.15) is 0 Å². The summed E-state index contributed by atoms with van der Waals surface area (Å²) in [5.74, 6) is 0. The van der Waals surface area contributed by atoms with E-state index >= 15 is 0 Å². The van der Waals surface area contributed by atoms with Crippen LogP contribution in [-0.4, -0.2) is 4.57 Å². The number of benzene rings is 10. The van der Waals surface area contributed by atoms with Gasteiger partial charge in [-0.15, -0.1) is 0 Å². The van der Waals surface area contributed by atoms with E-state index in [1.165, 1.54) is 98.9 Å². The third-order valence-corrected chi connectivity index (χ3v) is 12.9. The van der Waals surface area contributed by atoms with Crippen molar-refractivity contribution in [1.29, 1.82) is 0 Å². The zero-order chi connectivity index (χ0) is 39.2. The third kappa shape index (κ3) is 5.06. The Morgan fingerprint density at radius 3 is 1.95 bits per heavy atom. The molecule has 12 rings (SSSR count). The summed E-state index contributed by atoms with van der Waals surface area (Å²) in [6.45, 7) is 4.77. The van der Waals surface area contributed by atoms with Crippen molar-refractivity contribution in [3.63, 3.8) is 0 Å². The van der Waals surface area contributed by atoms with Crippen LogP contribution in [0.25, 0.3) is 83.1 Å². The monoisotopic (exact) mass is 752 g/mol. The zero-order valence-corrected chi connectivity index (χ0v) is 33.0. The van der Waals surface area contributed by atoms with E-state index in [2.05, 4.69) is 230 Å². The van der Waals surface area contributed by atoms with Crippen molar-refractivity contribution in [3.05, 3.63) is 216 Å². The fraction of sp³-hybridized carbons (Fsp3) is 0.0526. The first-order chi connectivity index (χ1) is 29.0. The summed E-state index contributed by atoms with van der Waals surface area (Å²) >= 11 is 0. The minimum absolute atomic E-state index is 0.193. The number of para-hydroxylation sites is 2. The predicted molar refractivity (Wildman–Crippen MR) is 252 cm³/mol. The number of hydrogen-bond acceptors (Lipinski definition) is 1. The van der Waals surface area contributed by atoms with Gasteiger partial charge in [-0.2, -0.15) is 0 Å². The Balaban J connectivity index is 0.942. The third-order valence-electron chi connectivity index (χ3n) is 12.9. The molecule has 1 heterocycles. The molecule has 0 bridgehead atoms. The Morgan fingerprint density at radius 2 is 1.12 bits per heavy atom. The van der Waals surface area contributed by atoms with Crippen molar-refractivity contribution in [1.82, 2.24) is 4.57 Å². The number of aromatic nitrogens is 1. The highest BCUT2D eigenvalue weighted by Crippen LogP contribution is 2.52. The summed E-state index contributed by atoms with van der Waals surface area (Å²) in [7, 11) is 0. The van der Waals surface area contributed by atoms with E-state index in [-0.39, 0.29) is 5.41 Å². The molecule has 1 aliphatic rings. The molecule has 0 spiro atoms. The number of hydrogen-bond donors (Lipinski definition) is 0. The topological polar surface area (TPSA) is 8.17 Å². The molecule has 0 radical (unpaired) electrons. The smallest absolute Gasteiger partial charge is 0.0547 e. The van der Waals surface area contributed by atoms with Crippen LogP contribution in [0.4, 0.5) is 17.1 Å². The highest BCUT2D eigenvalue weighted by molar-refractivity contribution is 6.25. The van der Waals surface area contributed by atoms with E-state index in [1.54, 1.807) is 0 Å². The quantitative estimate of drug-likeness (QED) is 0.121. The SMILES string of the molecule is CC1(C)c2cc(/C=C/c3ccc4c5c3ccc3cccc(c35)n4-c3ccccc3)ccc2-c2ccc(N(c3ccccc3)c3cc4ccccc4c4ccccc34)cc21. The fourth-order valence-electron chi connectivity index (χ4n) is 10.1. The van der Waals surface area contributed by atoms with E-state index in [0.29, 0.717) is 0 Å². The number of nitrogens with zero attached hydrogens (tertiary/aromatic N) is 2. The molecule has 10 aromatic carbocycles. The van der Waals surface area contributed by atoms with Crippen LogP contribution in [0.1, 0.15) is 36.1 Å². The molecule has 278 valence electrons. The van der Waals surface area contributed by atoms with Gasteiger partial charge in [-0.05, 0) is 115 Å². The lowest BCUT2D eigenvalue weighted by Gasteiger charge is -2.29. The summed E-state index contributed by atoms with van der Waals surface area (Å²) in [6.07, 6.45) is 4.60. The van der Waals surface area contributed by atoms with Gasteiger partial charge in [0.25, 0.3) is 0 Å². The fourth-order valence-corrected chi connectivity index (χ4v) is 10.1. The van der Waals surface area contributed by atoms with Crippen LogP contribution in [0.5, 0.6) is 0 Å². The minimum atomic E-state index is -0.193. The highest BCUT2D eigenvalue weighted by Gasteiger charge is 2.36.